The van der Waals surface area contributed by atoms with Crippen LogP contribution >= 0.6 is 24.0 Å². The molecule has 170 valence electrons. The number of carbonyl (C=O) groups excluding carboxylic acids is 1. The number of carbonyl (C=O) groups is 1. The van der Waals surface area contributed by atoms with Gasteiger partial charge in [-0.1, -0.05) is 35.5 Å². The second-order valence-corrected chi connectivity index (χ2v) is 7.52. The highest BCUT2D eigenvalue weighted by molar-refractivity contribution is 14.0. The number of nitrogens with zero attached hydrogens (tertiary/aromatic N) is 5. The van der Waals surface area contributed by atoms with Crippen LogP contribution in [-0.2, 0) is 29.2 Å². The third-order valence-electron chi connectivity index (χ3n) is 5.12. The van der Waals surface area contributed by atoms with Gasteiger partial charge in [-0.15, -0.1) is 29.1 Å². The third-order valence-corrected chi connectivity index (χ3v) is 5.12. The quantitative estimate of drug-likeness (QED) is 0.228. The Balaban J connectivity index is 0.00000341. The van der Waals surface area contributed by atoms with E-state index in [1.807, 2.05) is 6.92 Å². The van der Waals surface area contributed by atoms with Gasteiger partial charge in [0, 0.05) is 31.7 Å². The molecule has 10 heteroatoms. The molecule has 0 bridgehead atoms. The summed E-state index contributed by atoms with van der Waals surface area (Å²) >= 11 is 0. The molecule has 31 heavy (non-hydrogen) atoms. The van der Waals surface area contributed by atoms with Crippen LogP contribution in [0.4, 0.5) is 0 Å². The Hall–Kier alpha value is -2.21. The smallest absolute Gasteiger partial charge is 0.327 e. The summed E-state index contributed by atoms with van der Waals surface area (Å²) in [5, 5.41) is 14.9. The Bertz CT molecular complexity index is 843. The van der Waals surface area contributed by atoms with Crippen molar-refractivity contribution in [1.29, 1.82) is 0 Å². The number of nitrogens with one attached hydrogen (secondary N) is 2. The molecule has 0 radical (unpaired) electrons. The van der Waals surface area contributed by atoms with Crippen LogP contribution in [-0.4, -0.2) is 64.1 Å². The first-order chi connectivity index (χ1) is 14.6. The Kier molecular flexibility index (Phi) is 10.2. The molecule has 9 nitrogen and oxygen atoms in total. The van der Waals surface area contributed by atoms with Gasteiger partial charge in [-0.25, -0.2) is 9.67 Å². The number of halogens is 1. The lowest BCUT2D eigenvalue weighted by Crippen LogP contribution is -2.44. The second-order valence-electron chi connectivity index (χ2n) is 7.52. The predicted molar refractivity (Wildman–Crippen MR) is 130 cm³/mol. The first kappa shape index (κ1) is 25.1. The lowest BCUT2D eigenvalue weighted by atomic mass is 10.2. The monoisotopic (exact) mass is 541 g/mol. The van der Waals surface area contributed by atoms with Crippen molar-refractivity contribution >= 4 is 35.9 Å². The van der Waals surface area contributed by atoms with E-state index in [4.69, 9.17) is 0 Å². The van der Waals surface area contributed by atoms with Gasteiger partial charge in [0.05, 0.1) is 19.9 Å². The fraction of sp³-hybridized carbons (Fsp3) is 0.524. The van der Waals surface area contributed by atoms with E-state index in [0.29, 0.717) is 24.3 Å². The molecule has 1 aromatic carbocycles. The molecule has 1 fully saturated rings. The van der Waals surface area contributed by atoms with Gasteiger partial charge >= 0.3 is 5.97 Å². The molecular weight excluding hydrogens is 509 g/mol. The molecule has 1 saturated heterocycles. The van der Waals surface area contributed by atoms with Crippen LogP contribution in [0.2, 0.25) is 0 Å². The van der Waals surface area contributed by atoms with Crippen molar-refractivity contribution in [2.45, 2.75) is 52.0 Å². The van der Waals surface area contributed by atoms with Gasteiger partial charge in [-0.2, -0.15) is 0 Å². The largest absolute Gasteiger partial charge is 0.468 e. The number of ether oxygens (including phenoxy) is 1. The average molecular weight is 541 g/mol. The van der Waals surface area contributed by atoms with E-state index in [1.165, 1.54) is 17.4 Å². The molecule has 0 aliphatic carbocycles. The molecule has 2 atom stereocenters. The summed E-state index contributed by atoms with van der Waals surface area (Å²) < 4.78 is 6.10. The summed E-state index contributed by atoms with van der Waals surface area (Å²) in [5.74, 6) is 0.402. The molecule has 2 unspecified atom stereocenters. The standard InChI is InChI=1S/C21H31N7O2.HI/c1-4-22-21(23-11-19-14-28(26-25-19)15-20(29)30-3)24-18-10-16(2)27(13-18)12-17-8-6-5-7-9-17;/h5-9,14,16,18H,4,10-13,15H2,1-3H3,(H2,22,23,24);1H. The van der Waals surface area contributed by atoms with Crippen molar-refractivity contribution in [2.24, 2.45) is 4.99 Å². The molecule has 1 aromatic heterocycles. The highest BCUT2D eigenvalue weighted by Gasteiger charge is 2.29. The lowest BCUT2D eigenvalue weighted by molar-refractivity contribution is -0.141. The molecule has 0 amide bonds. The van der Waals surface area contributed by atoms with Crippen LogP contribution in [0.5, 0.6) is 0 Å². The molecule has 2 N–H and O–H groups in total. The average Bonchev–Trinajstić information content (AvgIpc) is 3.33. The number of likely N-dealkylation sites (tertiary alicyclic amines) is 1. The van der Waals surface area contributed by atoms with Crippen molar-refractivity contribution in [3.63, 3.8) is 0 Å². The first-order valence-electron chi connectivity index (χ1n) is 10.4. The lowest BCUT2D eigenvalue weighted by Gasteiger charge is -2.21. The molecular formula is C21H32IN7O2. The Morgan fingerprint density at radius 2 is 2.10 bits per heavy atom. The van der Waals surface area contributed by atoms with E-state index >= 15 is 0 Å². The summed E-state index contributed by atoms with van der Waals surface area (Å²) in [6.07, 6.45) is 2.77. The summed E-state index contributed by atoms with van der Waals surface area (Å²) in [7, 11) is 1.35. The molecule has 3 rings (SSSR count). The number of aliphatic imine (C=N–C) groups is 1. The van der Waals surface area contributed by atoms with Gasteiger partial charge in [0.25, 0.3) is 0 Å². The molecule has 2 heterocycles. The number of hydrogen-bond acceptors (Lipinski definition) is 6. The van der Waals surface area contributed by atoms with Gasteiger partial charge in [0.1, 0.15) is 12.2 Å². The maximum Gasteiger partial charge on any atom is 0.327 e. The van der Waals surface area contributed by atoms with Crippen molar-refractivity contribution in [1.82, 2.24) is 30.5 Å². The van der Waals surface area contributed by atoms with Gasteiger partial charge in [-0.3, -0.25) is 9.69 Å². The van der Waals surface area contributed by atoms with Crippen molar-refractivity contribution < 1.29 is 9.53 Å². The first-order valence-corrected chi connectivity index (χ1v) is 10.4. The zero-order chi connectivity index (χ0) is 21.3. The number of guanidine groups is 1. The Morgan fingerprint density at radius 3 is 2.81 bits per heavy atom. The zero-order valence-electron chi connectivity index (χ0n) is 18.3. The summed E-state index contributed by atoms with van der Waals surface area (Å²) in [6, 6.07) is 11.4. The van der Waals surface area contributed by atoms with Crippen molar-refractivity contribution in [2.75, 3.05) is 20.2 Å². The number of methoxy groups -OCH3 is 1. The minimum atomic E-state index is -0.361. The predicted octanol–water partition coefficient (Wildman–Crippen LogP) is 1.79. The number of rotatable bonds is 8. The maximum absolute atomic E-state index is 11.3. The fourth-order valence-corrected chi connectivity index (χ4v) is 3.60. The molecule has 1 aliphatic heterocycles. The van der Waals surface area contributed by atoms with Crippen LogP contribution in [0.3, 0.4) is 0 Å². The topological polar surface area (TPSA) is 96.7 Å². The van der Waals surface area contributed by atoms with Gasteiger partial charge < -0.3 is 15.4 Å². The highest BCUT2D eigenvalue weighted by atomic mass is 127. The van der Waals surface area contributed by atoms with Crippen LogP contribution in [0, 0.1) is 0 Å². The second kappa shape index (κ2) is 12.6. The fourth-order valence-electron chi connectivity index (χ4n) is 3.60. The summed E-state index contributed by atoms with van der Waals surface area (Å²) in [6.45, 7) is 7.44. The van der Waals surface area contributed by atoms with Crippen LogP contribution in [0.15, 0.2) is 41.5 Å². The minimum absolute atomic E-state index is 0. The minimum Gasteiger partial charge on any atom is -0.468 e. The molecule has 1 aliphatic rings. The third kappa shape index (κ3) is 7.76. The van der Waals surface area contributed by atoms with Crippen molar-refractivity contribution in [3.8, 4) is 0 Å². The number of hydrogen-bond donors (Lipinski definition) is 2. The summed E-state index contributed by atoms with van der Waals surface area (Å²) in [4.78, 5) is 18.5. The summed E-state index contributed by atoms with van der Waals surface area (Å²) in [5.41, 5.74) is 2.03. The van der Waals surface area contributed by atoms with Crippen molar-refractivity contribution in [3.05, 3.63) is 47.8 Å². The Labute approximate surface area is 200 Å². The molecule has 0 spiro atoms. The zero-order valence-corrected chi connectivity index (χ0v) is 20.7. The highest BCUT2D eigenvalue weighted by Crippen LogP contribution is 2.20. The van der Waals surface area contributed by atoms with E-state index < -0.39 is 0 Å². The van der Waals surface area contributed by atoms with Gasteiger partial charge in [-0.05, 0) is 25.8 Å². The number of benzene rings is 1. The normalized spacial score (nSPS) is 19.0. The number of esters is 1. The van der Waals surface area contributed by atoms with E-state index in [-0.39, 0.29) is 36.5 Å². The van der Waals surface area contributed by atoms with Crippen LogP contribution in [0.1, 0.15) is 31.5 Å². The van der Waals surface area contributed by atoms with E-state index in [1.54, 1.807) is 6.20 Å². The molecule has 0 saturated carbocycles. The van der Waals surface area contributed by atoms with Crippen LogP contribution in [0.25, 0.3) is 0 Å². The number of aromatic nitrogens is 3. The Morgan fingerprint density at radius 1 is 1.32 bits per heavy atom. The maximum atomic E-state index is 11.3. The molecule has 2 aromatic rings. The van der Waals surface area contributed by atoms with E-state index in [2.05, 4.69) is 72.8 Å². The van der Waals surface area contributed by atoms with Gasteiger partial charge in [0.15, 0.2) is 5.96 Å². The van der Waals surface area contributed by atoms with E-state index in [0.717, 1.165) is 32.0 Å². The van der Waals surface area contributed by atoms with Crippen LogP contribution < -0.4 is 10.6 Å². The SMILES string of the molecule is CCNC(=NCc1cn(CC(=O)OC)nn1)NC1CC(C)N(Cc2ccccc2)C1.I. The van der Waals surface area contributed by atoms with Gasteiger partial charge in [0.2, 0.25) is 0 Å². The van der Waals surface area contributed by atoms with E-state index in [9.17, 15) is 4.79 Å².